The molecule has 1 fully saturated rings. The maximum absolute atomic E-state index is 13.8. The van der Waals surface area contributed by atoms with Crippen molar-refractivity contribution in [3.05, 3.63) is 65.4 Å². The zero-order valence-electron chi connectivity index (χ0n) is 18.7. The van der Waals surface area contributed by atoms with Gasteiger partial charge < -0.3 is 10.2 Å². The lowest BCUT2D eigenvalue weighted by molar-refractivity contribution is 0.0540. The number of nitrogens with one attached hydrogen (secondary N) is 1. The third-order valence-electron chi connectivity index (χ3n) is 6.02. The average Bonchev–Trinajstić information content (AvgIpc) is 3.19. The first-order valence-corrected chi connectivity index (χ1v) is 10.9. The van der Waals surface area contributed by atoms with Crippen LogP contribution in [0, 0.1) is 26.7 Å². The molecule has 0 spiro atoms. The molecular weight excluding hydrogens is 388 g/mol. The molecule has 3 heterocycles. The standard InChI is InChI=1S/C24H30N6O/c1-16-7-9-21(30-15-27-19(4)28-30)20(12-16)24(31)29-11-5-6-18(3)22(29)14-26-23-10-8-17(2)13-25-23/h7-10,12-13,15,18,22H,5-6,11,14H2,1-4H3,(H,25,26)/t18-,22?/m1/s1. The van der Waals surface area contributed by atoms with Gasteiger partial charge in [0, 0.05) is 19.3 Å². The highest BCUT2D eigenvalue weighted by Crippen LogP contribution is 2.27. The van der Waals surface area contributed by atoms with E-state index in [0.29, 0.717) is 23.9 Å². The second-order valence-corrected chi connectivity index (χ2v) is 8.54. The number of anilines is 1. The Balaban J connectivity index is 1.61. The van der Waals surface area contributed by atoms with Gasteiger partial charge in [0.25, 0.3) is 5.91 Å². The summed E-state index contributed by atoms with van der Waals surface area (Å²) < 4.78 is 1.69. The SMILES string of the molecule is Cc1ccc(NCC2[C@H](C)CCCN2C(=O)c2cc(C)ccc2-n2cnc(C)n2)nc1. The molecule has 1 amide bonds. The highest BCUT2D eigenvalue weighted by molar-refractivity contribution is 5.98. The van der Waals surface area contributed by atoms with E-state index in [0.717, 1.165) is 42.0 Å². The molecule has 0 saturated carbocycles. The van der Waals surface area contributed by atoms with E-state index in [4.69, 9.17) is 0 Å². The summed E-state index contributed by atoms with van der Waals surface area (Å²) in [7, 11) is 0. The number of carbonyl (C=O) groups is 1. The Morgan fingerprint density at radius 3 is 2.65 bits per heavy atom. The number of likely N-dealkylation sites (tertiary alicyclic amines) is 1. The van der Waals surface area contributed by atoms with Crippen LogP contribution in [0.1, 0.15) is 47.1 Å². The molecule has 162 valence electrons. The molecule has 1 aliphatic rings. The Morgan fingerprint density at radius 1 is 1.13 bits per heavy atom. The molecule has 0 bridgehead atoms. The van der Waals surface area contributed by atoms with Gasteiger partial charge in [0.1, 0.15) is 18.0 Å². The summed E-state index contributed by atoms with van der Waals surface area (Å²) in [5.74, 6) is 1.96. The van der Waals surface area contributed by atoms with E-state index >= 15 is 0 Å². The molecule has 4 rings (SSSR count). The number of nitrogens with zero attached hydrogens (tertiary/aromatic N) is 5. The molecule has 1 unspecified atom stereocenters. The Kier molecular flexibility index (Phi) is 6.02. The molecule has 2 aromatic heterocycles. The van der Waals surface area contributed by atoms with E-state index < -0.39 is 0 Å². The van der Waals surface area contributed by atoms with Gasteiger partial charge in [0.05, 0.1) is 17.3 Å². The number of rotatable bonds is 5. The Morgan fingerprint density at radius 2 is 1.94 bits per heavy atom. The monoisotopic (exact) mass is 418 g/mol. The van der Waals surface area contributed by atoms with Gasteiger partial charge in [-0.15, -0.1) is 0 Å². The highest BCUT2D eigenvalue weighted by atomic mass is 16.2. The van der Waals surface area contributed by atoms with Crippen molar-refractivity contribution in [3.63, 3.8) is 0 Å². The maximum Gasteiger partial charge on any atom is 0.256 e. The second-order valence-electron chi connectivity index (χ2n) is 8.54. The second kappa shape index (κ2) is 8.88. The first-order valence-electron chi connectivity index (χ1n) is 10.9. The summed E-state index contributed by atoms with van der Waals surface area (Å²) in [6.45, 7) is 9.53. The first-order chi connectivity index (χ1) is 14.9. The minimum atomic E-state index is 0.0436. The van der Waals surface area contributed by atoms with Gasteiger partial charge in [-0.2, -0.15) is 5.10 Å². The van der Waals surface area contributed by atoms with Gasteiger partial charge in [0.15, 0.2) is 0 Å². The number of benzene rings is 1. The average molecular weight is 419 g/mol. The van der Waals surface area contributed by atoms with Crippen LogP contribution in [-0.4, -0.2) is 49.7 Å². The molecule has 1 aliphatic heterocycles. The van der Waals surface area contributed by atoms with Gasteiger partial charge >= 0.3 is 0 Å². The fourth-order valence-corrected chi connectivity index (χ4v) is 4.23. The van der Waals surface area contributed by atoms with Crippen LogP contribution in [0.25, 0.3) is 5.69 Å². The zero-order valence-corrected chi connectivity index (χ0v) is 18.7. The van der Waals surface area contributed by atoms with Crippen LogP contribution in [0.3, 0.4) is 0 Å². The fraction of sp³-hybridized carbons (Fsp3) is 0.417. The number of aromatic nitrogens is 4. The van der Waals surface area contributed by atoms with E-state index in [1.807, 2.05) is 62.2 Å². The van der Waals surface area contributed by atoms with E-state index in [-0.39, 0.29) is 11.9 Å². The molecule has 0 aliphatic carbocycles. The minimum absolute atomic E-state index is 0.0436. The van der Waals surface area contributed by atoms with Crippen LogP contribution in [0.2, 0.25) is 0 Å². The van der Waals surface area contributed by atoms with Crippen LogP contribution < -0.4 is 5.32 Å². The number of amides is 1. The van der Waals surface area contributed by atoms with Crippen molar-refractivity contribution in [2.45, 2.75) is 46.6 Å². The normalized spacial score (nSPS) is 18.8. The van der Waals surface area contributed by atoms with Crippen molar-refractivity contribution < 1.29 is 4.79 Å². The van der Waals surface area contributed by atoms with Crippen molar-refractivity contribution in [1.82, 2.24) is 24.6 Å². The van der Waals surface area contributed by atoms with Gasteiger partial charge in [-0.25, -0.2) is 14.6 Å². The predicted molar refractivity (Wildman–Crippen MR) is 122 cm³/mol. The summed E-state index contributed by atoms with van der Waals surface area (Å²) in [5, 5.41) is 7.87. The molecule has 0 radical (unpaired) electrons. The summed E-state index contributed by atoms with van der Waals surface area (Å²) >= 11 is 0. The van der Waals surface area contributed by atoms with E-state index in [9.17, 15) is 4.79 Å². The Bertz CT molecular complexity index is 1060. The largest absolute Gasteiger partial charge is 0.368 e. The van der Waals surface area contributed by atoms with Crippen LogP contribution in [0.4, 0.5) is 5.82 Å². The lowest BCUT2D eigenvalue weighted by atomic mass is 9.89. The van der Waals surface area contributed by atoms with Crippen molar-refractivity contribution in [1.29, 1.82) is 0 Å². The number of piperidine rings is 1. The van der Waals surface area contributed by atoms with E-state index in [1.54, 1.807) is 11.0 Å². The summed E-state index contributed by atoms with van der Waals surface area (Å²) in [4.78, 5) is 24.5. The minimum Gasteiger partial charge on any atom is -0.368 e. The van der Waals surface area contributed by atoms with Crippen molar-refractivity contribution in [2.75, 3.05) is 18.4 Å². The number of carbonyl (C=O) groups excluding carboxylic acids is 1. The van der Waals surface area contributed by atoms with Crippen LogP contribution in [0.15, 0.2) is 42.9 Å². The number of hydrogen-bond donors (Lipinski definition) is 1. The maximum atomic E-state index is 13.8. The lowest BCUT2D eigenvalue weighted by Crippen LogP contribution is -2.51. The number of pyridine rings is 1. The Labute approximate surface area is 183 Å². The molecule has 3 aromatic rings. The Hall–Kier alpha value is -3.22. The van der Waals surface area contributed by atoms with Crippen molar-refractivity contribution in [3.8, 4) is 5.69 Å². The molecular formula is C24H30N6O. The first kappa shape index (κ1) is 21.0. The van der Waals surface area contributed by atoms with Gasteiger partial charge in [0.2, 0.25) is 0 Å². The topological polar surface area (TPSA) is 75.9 Å². The van der Waals surface area contributed by atoms with Gasteiger partial charge in [-0.05, 0) is 63.3 Å². The van der Waals surface area contributed by atoms with Crippen LogP contribution >= 0.6 is 0 Å². The highest BCUT2D eigenvalue weighted by Gasteiger charge is 2.33. The van der Waals surface area contributed by atoms with E-state index in [2.05, 4.69) is 27.3 Å². The molecule has 1 saturated heterocycles. The van der Waals surface area contributed by atoms with Crippen molar-refractivity contribution in [2.24, 2.45) is 5.92 Å². The van der Waals surface area contributed by atoms with Crippen molar-refractivity contribution >= 4 is 11.7 Å². The molecule has 1 N–H and O–H groups in total. The van der Waals surface area contributed by atoms with E-state index in [1.165, 1.54) is 0 Å². The summed E-state index contributed by atoms with van der Waals surface area (Å²) in [6, 6.07) is 10.0. The van der Waals surface area contributed by atoms with Gasteiger partial charge in [-0.3, -0.25) is 4.79 Å². The fourth-order valence-electron chi connectivity index (χ4n) is 4.23. The molecule has 7 nitrogen and oxygen atoms in total. The third kappa shape index (κ3) is 4.60. The summed E-state index contributed by atoms with van der Waals surface area (Å²) in [6.07, 6.45) is 5.64. The lowest BCUT2D eigenvalue weighted by Gasteiger charge is -2.40. The predicted octanol–water partition coefficient (Wildman–Crippen LogP) is 3.94. The molecule has 1 aromatic carbocycles. The third-order valence-corrected chi connectivity index (χ3v) is 6.02. The summed E-state index contributed by atoms with van der Waals surface area (Å²) in [5.41, 5.74) is 3.61. The smallest absolute Gasteiger partial charge is 0.256 e. The van der Waals surface area contributed by atoms with Crippen LogP contribution in [0.5, 0.6) is 0 Å². The molecule has 31 heavy (non-hydrogen) atoms. The van der Waals surface area contributed by atoms with Crippen LogP contribution in [-0.2, 0) is 0 Å². The van der Waals surface area contributed by atoms with Gasteiger partial charge in [-0.1, -0.05) is 24.6 Å². The number of hydrogen-bond acceptors (Lipinski definition) is 5. The molecule has 7 heteroatoms. The zero-order chi connectivity index (χ0) is 22.0. The molecule has 2 atom stereocenters. The quantitative estimate of drug-likeness (QED) is 0.679. The number of aryl methyl sites for hydroxylation is 3.